The lowest BCUT2D eigenvalue weighted by Gasteiger charge is -2.05. The van der Waals surface area contributed by atoms with Crippen LogP contribution in [0.25, 0.3) is 11.0 Å². The topological polar surface area (TPSA) is 90.9 Å². The number of carbonyl (C=O) groups is 1. The highest BCUT2D eigenvalue weighted by Crippen LogP contribution is 2.13. The second-order valence-electron chi connectivity index (χ2n) is 4.26. The van der Waals surface area contributed by atoms with Gasteiger partial charge in [-0.1, -0.05) is 6.07 Å². The number of hydrogen-bond acceptors (Lipinski definition) is 4. The standard InChI is InChI=1S/C14H12N4O2/c19-7-10-2-1-3-13(17-10)18-14(20)9-4-5-11-12(6-9)16-8-15-11/h1-6,8,19H,7H2,(H,15,16)(H,17,18,20). The lowest BCUT2D eigenvalue weighted by atomic mass is 10.2. The molecular formula is C14H12N4O2. The van der Waals surface area contributed by atoms with Crippen molar-refractivity contribution in [3.05, 3.63) is 54.0 Å². The molecule has 2 heterocycles. The minimum Gasteiger partial charge on any atom is -0.390 e. The summed E-state index contributed by atoms with van der Waals surface area (Å²) in [6.07, 6.45) is 1.58. The van der Waals surface area contributed by atoms with Crippen LogP contribution in [0, 0.1) is 0 Å². The fourth-order valence-corrected chi connectivity index (χ4v) is 1.90. The van der Waals surface area contributed by atoms with Gasteiger partial charge in [0.1, 0.15) is 5.82 Å². The number of aromatic amines is 1. The van der Waals surface area contributed by atoms with E-state index in [1.54, 1.807) is 42.7 Å². The van der Waals surface area contributed by atoms with Crippen LogP contribution in [0.3, 0.4) is 0 Å². The summed E-state index contributed by atoms with van der Waals surface area (Å²) in [7, 11) is 0. The Morgan fingerprint density at radius 1 is 1.30 bits per heavy atom. The van der Waals surface area contributed by atoms with E-state index in [2.05, 4.69) is 20.3 Å². The Morgan fingerprint density at radius 2 is 2.20 bits per heavy atom. The highest BCUT2D eigenvalue weighted by molar-refractivity contribution is 6.05. The summed E-state index contributed by atoms with van der Waals surface area (Å²) < 4.78 is 0. The zero-order valence-electron chi connectivity index (χ0n) is 10.5. The average molecular weight is 268 g/mol. The van der Waals surface area contributed by atoms with Gasteiger partial charge in [0, 0.05) is 5.56 Å². The fourth-order valence-electron chi connectivity index (χ4n) is 1.90. The number of pyridine rings is 1. The second-order valence-corrected chi connectivity index (χ2v) is 4.26. The summed E-state index contributed by atoms with van der Waals surface area (Å²) in [6, 6.07) is 10.3. The van der Waals surface area contributed by atoms with Crippen molar-refractivity contribution in [2.75, 3.05) is 5.32 Å². The summed E-state index contributed by atoms with van der Waals surface area (Å²) in [5, 5.41) is 11.7. The molecule has 6 heteroatoms. The summed E-state index contributed by atoms with van der Waals surface area (Å²) in [5.41, 5.74) is 2.63. The predicted molar refractivity (Wildman–Crippen MR) is 74.2 cm³/mol. The second kappa shape index (κ2) is 5.10. The molecular weight excluding hydrogens is 256 g/mol. The van der Waals surface area contributed by atoms with E-state index in [9.17, 15) is 4.79 Å². The molecule has 3 aromatic rings. The maximum atomic E-state index is 12.1. The number of aliphatic hydroxyl groups excluding tert-OH is 1. The normalized spacial score (nSPS) is 10.7. The molecule has 1 aromatic carbocycles. The number of hydrogen-bond donors (Lipinski definition) is 3. The van der Waals surface area contributed by atoms with Gasteiger partial charge in [0.05, 0.1) is 29.7 Å². The van der Waals surface area contributed by atoms with Crippen molar-refractivity contribution < 1.29 is 9.90 Å². The first kappa shape index (κ1) is 12.3. The summed E-state index contributed by atoms with van der Waals surface area (Å²) >= 11 is 0. The largest absolute Gasteiger partial charge is 0.390 e. The van der Waals surface area contributed by atoms with Crippen molar-refractivity contribution in [2.45, 2.75) is 6.61 Å². The third-order valence-corrected chi connectivity index (χ3v) is 2.89. The van der Waals surface area contributed by atoms with Crippen molar-refractivity contribution >= 4 is 22.8 Å². The molecule has 0 bridgehead atoms. The van der Waals surface area contributed by atoms with Gasteiger partial charge < -0.3 is 15.4 Å². The minimum atomic E-state index is -0.260. The van der Waals surface area contributed by atoms with Crippen LogP contribution in [0.2, 0.25) is 0 Å². The van der Waals surface area contributed by atoms with E-state index >= 15 is 0 Å². The molecule has 6 nitrogen and oxygen atoms in total. The Balaban J connectivity index is 1.84. The quantitative estimate of drug-likeness (QED) is 0.674. The number of aliphatic hydroxyl groups is 1. The maximum Gasteiger partial charge on any atom is 0.256 e. The molecule has 0 spiro atoms. The molecule has 0 saturated carbocycles. The summed E-state index contributed by atoms with van der Waals surface area (Å²) in [4.78, 5) is 23.3. The van der Waals surface area contributed by atoms with Crippen LogP contribution >= 0.6 is 0 Å². The first-order chi connectivity index (χ1) is 9.76. The predicted octanol–water partition coefficient (Wildman–Crippen LogP) is 1.70. The van der Waals surface area contributed by atoms with Crippen molar-refractivity contribution in [2.24, 2.45) is 0 Å². The Hall–Kier alpha value is -2.73. The van der Waals surface area contributed by atoms with Gasteiger partial charge in [0.2, 0.25) is 0 Å². The molecule has 3 rings (SSSR count). The van der Waals surface area contributed by atoms with Crippen LogP contribution in [0.15, 0.2) is 42.7 Å². The summed E-state index contributed by atoms with van der Waals surface area (Å²) in [5.74, 6) is 0.148. The third-order valence-electron chi connectivity index (χ3n) is 2.89. The van der Waals surface area contributed by atoms with Crippen LogP contribution < -0.4 is 5.32 Å². The first-order valence-corrected chi connectivity index (χ1v) is 6.07. The van der Waals surface area contributed by atoms with E-state index in [1.807, 2.05) is 0 Å². The Morgan fingerprint density at radius 3 is 3.05 bits per heavy atom. The van der Waals surface area contributed by atoms with Crippen LogP contribution in [-0.2, 0) is 6.61 Å². The molecule has 0 aliphatic rings. The number of carbonyl (C=O) groups excluding carboxylic acids is 1. The molecule has 0 radical (unpaired) electrons. The van der Waals surface area contributed by atoms with E-state index in [0.717, 1.165) is 11.0 Å². The van der Waals surface area contributed by atoms with Gasteiger partial charge in [-0.3, -0.25) is 4.79 Å². The molecule has 0 aliphatic heterocycles. The number of fused-ring (bicyclic) bond motifs is 1. The monoisotopic (exact) mass is 268 g/mol. The number of imidazole rings is 1. The van der Waals surface area contributed by atoms with Gasteiger partial charge in [-0.15, -0.1) is 0 Å². The highest BCUT2D eigenvalue weighted by atomic mass is 16.3. The van der Waals surface area contributed by atoms with Gasteiger partial charge in [-0.2, -0.15) is 0 Å². The molecule has 3 N–H and O–H groups in total. The summed E-state index contributed by atoms with van der Waals surface area (Å²) in [6.45, 7) is -0.163. The number of rotatable bonds is 3. The van der Waals surface area contributed by atoms with Crippen molar-refractivity contribution in [1.82, 2.24) is 15.0 Å². The highest BCUT2D eigenvalue weighted by Gasteiger charge is 2.08. The van der Waals surface area contributed by atoms with E-state index in [1.165, 1.54) is 0 Å². The molecule has 100 valence electrons. The number of benzene rings is 1. The van der Waals surface area contributed by atoms with Gasteiger partial charge in [0.15, 0.2) is 0 Å². The Bertz CT molecular complexity index is 766. The molecule has 0 unspecified atom stereocenters. The maximum absolute atomic E-state index is 12.1. The molecule has 0 aliphatic carbocycles. The van der Waals surface area contributed by atoms with E-state index < -0.39 is 0 Å². The third kappa shape index (κ3) is 2.36. The molecule has 0 saturated heterocycles. The number of nitrogens with one attached hydrogen (secondary N) is 2. The average Bonchev–Trinajstić information content (AvgIpc) is 2.94. The fraction of sp³-hybridized carbons (Fsp3) is 0.0714. The zero-order valence-corrected chi connectivity index (χ0v) is 10.5. The van der Waals surface area contributed by atoms with Crippen molar-refractivity contribution in [3.8, 4) is 0 Å². The smallest absolute Gasteiger partial charge is 0.256 e. The number of anilines is 1. The van der Waals surface area contributed by atoms with Crippen LogP contribution in [0.1, 0.15) is 16.1 Å². The van der Waals surface area contributed by atoms with Gasteiger partial charge in [-0.25, -0.2) is 9.97 Å². The lowest BCUT2D eigenvalue weighted by molar-refractivity contribution is 0.102. The molecule has 1 amide bonds. The lowest BCUT2D eigenvalue weighted by Crippen LogP contribution is -2.13. The van der Waals surface area contributed by atoms with Crippen LogP contribution in [-0.4, -0.2) is 26.0 Å². The number of nitrogens with zero attached hydrogens (tertiary/aromatic N) is 2. The molecule has 0 fully saturated rings. The molecule has 0 atom stereocenters. The van der Waals surface area contributed by atoms with Gasteiger partial charge >= 0.3 is 0 Å². The van der Waals surface area contributed by atoms with E-state index in [4.69, 9.17) is 5.11 Å². The molecule has 20 heavy (non-hydrogen) atoms. The van der Waals surface area contributed by atoms with Crippen molar-refractivity contribution in [1.29, 1.82) is 0 Å². The number of amides is 1. The Labute approximate surface area is 114 Å². The zero-order chi connectivity index (χ0) is 13.9. The minimum absolute atomic E-state index is 0.163. The van der Waals surface area contributed by atoms with Crippen molar-refractivity contribution in [3.63, 3.8) is 0 Å². The van der Waals surface area contributed by atoms with Gasteiger partial charge in [0.25, 0.3) is 5.91 Å². The van der Waals surface area contributed by atoms with Crippen LogP contribution in [0.4, 0.5) is 5.82 Å². The van der Waals surface area contributed by atoms with E-state index in [0.29, 0.717) is 17.1 Å². The SMILES string of the molecule is O=C(Nc1cccc(CO)n1)c1ccc2nc[nH]c2c1. The Kier molecular flexibility index (Phi) is 3.14. The van der Waals surface area contributed by atoms with E-state index in [-0.39, 0.29) is 12.5 Å². The number of aromatic nitrogens is 3. The van der Waals surface area contributed by atoms with Crippen LogP contribution in [0.5, 0.6) is 0 Å². The number of H-pyrrole nitrogens is 1. The first-order valence-electron chi connectivity index (χ1n) is 6.07. The van der Waals surface area contributed by atoms with Gasteiger partial charge in [-0.05, 0) is 30.3 Å². The molecule has 2 aromatic heterocycles.